The molecule has 2 rings (SSSR count). The molecule has 1 aromatic heterocycles. The smallest absolute Gasteiger partial charge is 0.0981 e. The van der Waals surface area contributed by atoms with Crippen molar-refractivity contribution in [1.82, 2.24) is 10.3 Å². The van der Waals surface area contributed by atoms with Gasteiger partial charge in [0.1, 0.15) is 0 Å². The number of aromatic nitrogens is 1. The van der Waals surface area contributed by atoms with Crippen LogP contribution in [0.15, 0.2) is 30.5 Å². The first-order chi connectivity index (χ1) is 9.99. The zero-order chi connectivity index (χ0) is 15.3. The fraction of sp³-hybridized carbons (Fsp3) is 0.471. The molecule has 21 heavy (non-hydrogen) atoms. The maximum atomic E-state index is 5.16. The van der Waals surface area contributed by atoms with Gasteiger partial charge in [0.15, 0.2) is 0 Å². The predicted molar refractivity (Wildman–Crippen MR) is 88.5 cm³/mol. The van der Waals surface area contributed by atoms with Crippen LogP contribution in [-0.4, -0.2) is 12.1 Å². The Hall–Kier alpha value is -1.23. The van der Waals surface area contributed by atoms with Crippen molar-refractivity contribution < 1.29 is 4.74 Å². The molecule has 1 N–H and O–H groups in total. The summed E-state index contributed by atoms with van der Waals surface area (Å²) in [6, 6.07) is 8.49. The summed E-state index contributed by atoms with van der Waals surface area (Å²) in [6.07, 6.45) is 1.99. The third-order valence-electron chi connectivity index (χ3n) is 3.13. The maximum Gasteiger partial charge on any atom is 0.0981 e. The van der Waals surface area contributed by atoms with Crippen LogP contribution in [0.25, 0.3) is 0 Å². The van der Waals surface area contributed by atoms with Gasteiger partial charge >= 0.3 is 0 Å². The molecular formula is C17H24N2OS. The Balaban J connectivity index is 1.87. The first-order valence-electron chi connectivity index (χ1n) is 7.21. The fourth-order valence-corrected chi connectivity index (χ4v) is 3.00. The highest BCUT2D eigenvalue weighted by atomic mass is 32.1. The highest BCUT2D eigenvalue weighted by molar-refractivity contribution is 7.11. The van der Waals surface area contributed by atoms with Gasteiger partial charge in [-0.3, -0.25) is 0 Å². The summed E-state index contributed by atoms with van der Waals surface area (Å²) in [5, 5.41) is 4.68. The van der Waals surface area contributed by atoms with E-state index in [0.29, 0.717) is 6.61 Å². The molecule has 0 radical (unpaired) electrons. The number of nitrogens with zero attached hydrogens (tertiary/aromatic N) is 1. The molecule has 0 saturated carbocycles. The van der Waals surface area contributed by atoms with Crippen LogP contribution in [0, 0.1) is 0 Å². The topological polar surface area (TPSA) is 34.1 Å². The van der Waals surface area contributed by atoms with Gasteiger partial charge < -0.3 is 10.1 Å². The molecular weight excluding hydrogens is 280 g/mol. The van der Waals surface area contributed by atoms with Crippen molar-refractivity contribution in [2.45, 2.75) is 45.9 Å². The summed E-state index contributed by atoms with van der Waals surface area (Å²) in [6.45, 7) is 8.99. The van der Waals surface area contributed by atoms with Crippen molar-refractivity contribution in [3.8, 4) is 0 Å². The van der Waals surface area contributed by atoms with E-state index < -0.39 is 0 Å². The molecule has 0 atom stereocenters. The van der Waals surface area contributed by atoms with Crippen molar-refractivity contribution >= 4 is 11.3 Å². The first-order valence-corrected chi connectivity index (χ1v) is 8.03. The van der Waals surface area contributed by atoms with Crippen LogP contribution in [-0.2, 0) is 29.8 Å². The van der Waals surface area contributed by atoms with Crippen molar-refractivity contribution in [2.24, 2.45) is 0 Å². The van der Waals surface area contributed by atoms with Crippen LogP contribution in [0.5, 0.6) is 0 Å². The zero-order valence-corrected chi connectivity index (χ0v) is 14.1. The van der Waals surface area contributed by atoms with Crippen molar-refractivity contribution in [3.63, 3.8) is 0 Å². The second-order valence-electron chi connectivity index (χ2n) is 6.24. The lowest BCUT2D eigenvalue weighted by Crippen LogP contribution is -2.12. The van der Waals surface area contributed by atoms with Gasteiger partial charge in [-0.05, 0) is 11.1 Å². The summed E-state index contributed by atoms with van der Waals surface area (Å²) in [4.78, 5) is 5.80. The Morgan fingerprint density at radius 3 is 2.62 bits per heavy atom. The zero-order valence-electron chi connectivity index (χ0n) is 13.3. The van der Waals surface area contributed by atoms with E-state index in [1.165, 1.54) is 21.0 Å². The molecule has 1 heterocycles. The molecule has 114 valence electrons. The van der Waals surface area contributed by atoms with Gasteiger partial charge in [0, 0.05) is 36.7 Å². The Morgan fingerprint density at radius 1 is 1.19 bits per heavy atom. The minimum atomic E-state index is 0.136. The van der Waals surface area contributed by atoms with Crippen LogP contribution in [0.4, 0.5) is 0 Å². The van der Waals surface area contributed by atoms with E-state index in [2.05, 4.69) is 55.3 Å². The average Bonchev–Trinajstić information content (AvgIpc) is 2.88. The molecule has 2 aromatic rings. The van der Waals surface area contributed by atoms with E-state index in [4.69, 9.17) is 4.74 Å². The lowest BCUT2D eigenvalue weighted by Gasteiger charge is -2.13. The van der Waals surface area contributed by atoms with E-state index in [1.54, 1.807) is 18.4 Å². The van der Waals surface area contributed by atoms with Crippen molar-refractivity contribution in [2.75, 3.05) is 7.11 Å². The van der Waals surface area contributed by atoms with Crippen LogP contribution in [0.2, 0.25) is 0 Å². The van der Waals surface area contributed by atoms with Gasteiger partial charge in [-0.15, -0.1) is 11.3 Å². The minimum Gasteiger partial charge on any atom is -0.380 e. The molecule has 0 spiro atoms. The van der Waals surface area contributed by atoms with E-state index in [9.17, 15) is 0 Å². The molecule has 4 heteroatoms. The summed E-state index contributed by atoms with van der Waals surface area (Å²) >= 11 is 1.79. The SMILES string of the molecule is COCc1cccc(CNCc2cnc(C(C)(C)C)s2)c1. The Labute approximate surface area is 131 Å². The molecule has 0 bridgehead atoms. The van der Waals surface area contributed by atoms with E-state index in [1.807, 2.05) is 6.20 Å². The summed E-state index contributed by atoms with van der Waals surface area (Å²) < 4.78 is 5.16. The number of hydrogen-bond donors (Lipinski definition) is 1. The Bertz CT molecular complexity index is 572. The van der Waals surface area contributed by atoms with Gasteiger partial charge in [-0.25, -0.2) is 4.98 Å². The number of thiazole rings is 1. The highest BCUT2D eigenvalue weighted by Gasteiger charge is 2.17. The lowest BCUT2D eigenvalue weighted by molar-refractivity contribution is 0.185. The third-order valence-corrected chi connectivity index (χ3v) is 4.55. The number of benzene rings is 1. The number of rotatable bonds is 6. The molecule has 0 saturated heterocycles. The molecule has 0 aliphatic rings. The standard InChI is InChI=1S/C17H24N2OS/c1-17(2,3)16-19-11-15(21-16)10-18-9-13-6-5-7-14(8-13)12-20-4/h5-8,11,18H,9-10,12H2,1-4H3. The average molecular weight is 304 g/mol. The molecule has 0 fully saturated rings. The molecule has 0 amide bonds. The monoisotopic (exact) mass is 304 g/mol. The normalized spacial score (nSPS) is 11.8. The molecule has 0 aliphatic carbocycles. The highest BCUT2D eigenvalue weighted by Crippen LogP contribution is 2.26. The molecule has 0 aliphatic heterocycles. The Kier molecular flexibility index (Phi) is 5.51. The maximum absolute atomic E-state index is 5.16. The largest absolute Gasteiger partial charge is 0.380 e. The van der Waals surface area contributed by atoms with E-state index in [0.717, 1.165) is 13.1 Å². The van der Waals surface area contributed by atoms with Gasteiger partial charge in [0.25, 0.3) is 0 Å². The van der Waals surface area contributed by atoms with Gasteiger partial charge in [-0.1, -0.05) is 45.0 Å². The lowest BCUT2D eigenvalue weighted by atomic mass is 9.98. The van der Waals surface area contributed by atoms with Gasteiger partial charge in [-0.2, -0.15) is 0 Å². The number of hydrogen-bond acceptors (Lipinski definition) is 4. The van der Waals surface area contributed by atoms with Crippen LogP contribution in [0.1, 0.15) is 41.8 Å². The van der Waals surface area contributed by atoms with Gasteiger partial charge in [0.05, 0.1) is 11.6 Å². The Morgan fingerprint density at radius 2 is 1.95 bits per heavy atom. The second kappa shape index (κ2) is 7.16. The minimum absolute atomic E-state index is 0.136. The van der Waals surface area contributed by atoms with Crippen LogP contribution in [0.3, 0.4) is 0 Å². The number of nitrogens with one attached hydrogen (secondary N) is 1. The second-order valence-corrected chi connectivity index (χ2v) is 7.35. The van der Waals surface area contributed by atoms with Crippen LogP contribution >= 0.6 is 11.3 Å². The van der Waals surface area contributed by atoms with Gasteiger partial charge in [0.2, 0.25) is 0 Å². The number of methoxy groups -OCH3 is 1. The van der Waals surface area contributed by atoms with E-state index in [-0.39, 0.29) is 5.41 Å². The summed E-state index contributed by atoms with van der Waals surface area (Å²) in [7, 11) is 1.72. The van der Waals surface area contributed by atoms with Crippen molar-refractivity contribution in [1.29, 1.82) is 0 Å². The van der Waals surface area contributed by atoms with Crippen molar-refractivity contribution in [3.05, 3.63) is 51.5 Å². The first kappa shape index (κ1) is 16.1. The molecule has 0 unspecified atom stereocenters. The third kappa shape index (κ3) is 4.92. The van der Waals surface area contributed by atoms with Crippen LogP contribution < -0.4 is 5.32 Å². The predicted octanol–water partition coefficient (Wildman–Crippen LogP) is 3.88. The number of ether oxygens (including phenoxy) is 1. The van der Waals surface area contributed by atoms with E-state index >= 15 is 0 Å². The summed E-state index contributed by atoms with van der Waals surface area (Å²) in [5.41, 5.74) is 2.63. The molecule has 3 nitrogen and oxygen atoms in total. The quantitative estimate of drug-likeness (QED) is 0.879. The fourth-order valence-electron chi connectivity index (χ4n) is 2.06. The summed E-state index contributed by atoms with van der Waals surface area (Å²) in [5.74, 6) is 0. The molecule has 1 aromatic carbocycles.